The first-order valence-electron chi connectivity index (χ1n) is 9.71. The molecule has 4 heterocycles. The highest BCUT2D eigenvalue weighted by atomic mass is 19.1. The first-order chi connectivity index (χ1) is 15.7. The maximum Gasteiger partial charge on any atom is 0.178 e. The number of halogens is 2. The summed E-state index contributed by atoms with van der Waals surface area (Å²) in [5, 5.41) is 7.56. The van der Waals surface area contributed by atoms with Gasteiger partial charge in [-0.25, -0.2) is 28.7 Å². The molecular weight excluding hydrogens is 412 g/mol. The molecule has 2 N–H and O–H groups in total. The molecule has 0 unspecified atom stereocenters. The van der Waals surface area contributed by atoms with Crippen LogP contribution < -0.4 is 0 Å². The molecule has 0 aliphatic heterocycles. The van der Waals surface area contributed by atoms with Crippen LogP contribution in [0.4, 0.5) is 8.78 Å². The van der Waals surface area contributed by atoms with Crippen molar-refractivity contribution in [3.05, 3.63) is 79.0 Å². The summed E-state index contributed by atoms with van der Waals surface area (Å²) in [4.78, 5) is 20.1. The fourth-order valence-electron chi connectivity index (χ4n) is 3.80. The first-order valence-corrected chi connectivity index (χ1v) is 9.71. The van der Waals surface area contributed by atoms with Crippen molar-refractivity contribution in [2.24, 2.45) is 0 Å². The number of aromatic amines is 2. The van der Waals surface area contributed by atoms with Crippen LogP contribution in [0.15, 0.2) is 67.4 Å². The highest BCUT2D eigenvalue weighted by molar-refractivity contribution is 5.97. The van der Waals surface area contributed by atoms with Gasteiger partial charge in [0.15, 0.2) is 17.3 Å². The monoisotopic (exact) mass is 425 g/mol. The minimum atomic E-state index is -0.474. The van der Waals surface area contributed by atoms with Gasteiger partial charge in [0.2, 0.25) is 0 Å². The molecule has 32 heavy (non-hydrogen) atoms. The summed E-state index contributed by atoms with van der Waals surface area (Å²) in [6.07, 6.45) is 6.26. The molecule has 7 nitrogen and oxygen atoms in total. The van der Waals surface area contributed by atoms with Gasteiger partial charge in [0.05, 0.1) is 5.52 Å². The van der Waals surface area contributed by atoms with Crippen molar-refractivity contribution in [3.63, 3.8) is 0 Å². The van der Waals surface area contributed by atoms with Gasteiger partial charge in [0, 0.05) is 35.1 Å². The van der Waals surface area contributed by atoms with E-state index in [0.29, 0.717) is 44.8 Å². The normalized spacial score (nSPS) is 11.4. The SMILES string of the molecule is Fc1cccc(-c2ccnc3nc(-c4[nH]nc5c(F)cc(-c6cncnc6)cc45)[nH]c23)c1. The van der Waals surface area contributed by atoms with Crippen molar-refractivity contribution in [1.82, 2.24) is 35.1 Å². The highest BCUT2D eigenvalue weighted by Crippen LogP contribution is 2.33. The number of nitrogens with one attached hydrogen (secondary N) is 2. The number of H-pyrrole nitrogens is 2. The standard InChI is InChI=1S/C23H13F2N7/c24-15-3-1-2-12(6-15)16-4-5-28-22-20(16)29-23(30-22)21-17-7-13(14-9-26-11-27-10-14)8-18(25)19(17)31-32-21/h1-11H,(H,31,32)(H,28,29,30). The predicted octanol–water partition coefficient (Wildman–Crippen LogP) is 4.90. The van der Waals surface area contributed by atoms with E-state index in [1.807, 2.05) is 12.1 Å². The number of hydrogen-bond acceptors (Lipinski definition) is 5. The Bertz CT molecular complexity index is 1610. The Labute approximate surface area is 179 Å². The van der Waals surface area contributed by atoms with Crippen molar-refractivity contribution in [2.75, 3.05) is 0 Å². The van der Waals surface area contributed by atoms with E-state index in [9.17, 15) is 8.78 Å². The predicted molar refractivity (Wildman–Crippen MR) is 115 cm³/mol. The smallest absolute Gasteiger partial charge is 0.178 e. The van der Waals surface area contributed by atoms with Crippen molar-refractivity contribution in [3.8, 4) is 33.8 Å². The summed E-state index contributed by atoms with van der Waals surface area (Å²) in [7, 11) is 0. The van der Waals surface area contributed by atoms with E-state index < -0.39 is 5.82 Å². The van der Waals surface area contributed by atoms with Crippen LogP contribution in [0.2, 0.25) is 0 Å². The van der Waals surface area contributed by atoms with E-state index >= 15 is 0 Å². The van der Waals surface area contributed by atoms with Crippen LogP contribution in [-0.4, -0.2) is 35.1 Å². The molecule has 0 bridgehead atoms. The van der Waals surface area contributed by atoms with Gasteiger partial charge in [-0.2, -0.15) is 5.10 Å². The molecular formula is C23H13F2N7. The number of pyridine rings is 1. The van der Waals surface area contributed by atoms with Crippen molar-refractivity contribution >= 4 is 22.1 Å². The topological polar surface area (TPSA) is 96.0 Å². The number of fused-ring (bicyclic) bond motifs is 2. The summed E-state index contributed by atoms with van der Waals surface area (Å²) < 4.78 is 28.6. The van der Waals surface area contributed by atoms with Gasteiger partial charge in [0.1, 0.15) is 23.4 Å². The molecule has 0 amide bonds. The van der Waals surface area contributed by atoms with Crippen LogP contribution in [0.25, 0.3) is 55.8 Å². The molecule has 0 atom stereocenters. The lowest BCUT2D eigenvalue weighted by atomic mass is 10.1. The van der Waals surface area contributed by atoms with Crippen LogP contribution >= 0.6 is 0 Å². The number of hydrogen-bond donors (Lipinski definition) is 2. The van der Waals surface area contributed by atoms with E-state index in [2.05, 4.69) is 35.1 Å². The van der Waals surface area contributed by atoms with Crippen LogP contribution in [0.5, 0.6) is 0 Å². The lowest BCUT2D eigenvalue weighted by Crippen LogP contribution is -1.86. The Balaban J connectivity index is 1.54. The van der Waals surface area contributed by atoms with Crippen molar-refractivity contribution in [1.29, 1.82) is 0 Å². The summed E-state index contributed by atoms with van der Waals surface area (Å²) in [5.74, 6) is -0.363. The Morgan fingerprint density at radius 1 is 0.875 bits per heavy atom. The number of imidazole rings is 1. The maximum atomic E-state index is 14.8. The van der Waals surface area contributed by atoms with Crippen LogP contribution in [0.1, 0.15) is 0 Å². The third-order valence-electron chi connectivity index (χ3n) is 5.27. The summed E-state index contributed by atoms with van der Waals surface area (Å²) >= 11 is 0. The van der Waals surface area contributed by atoms with Gasteiger partial charge < -0.3 is 4.98 Å². The second-order valence-electron chi connectivity index (χ2n) is 7.23. The Morgan fingerprint density at radius 3 is 2.59 bits per heavy atom. The van der Waals surface area contributed by atoms with Crippen LogP contribution in [0, 0.1) is 11.6 Å². The molecule has 0 spiro atoms. The Hall–Kier alpha value is -4.53. The minimum Gasteiger partial charge on any atom is -0.335 e. The second kappa shape index (κ2) is 7.02. The van der Waals surface area contributed by atoms with E-state index in [1.165, 1.54) is 24.5 Å². The first kappa shape index (κ1) is 18.3. The molecule has 0 saturated heterocycles. The van der Waals surface area contributed by atoms with Crippen molar-refractivity contribution < 1.29 is 8.78 Å². The van der Waals surface area contributed by atoms with Crippen molar-refractivity contribution in [2.45, 2.75) is 0 Å². The fraction of sp³-hybridized carbons (Fsp3) is 0. The number of nitrogens with zero attached hydrogens (tertiary/aromatic N) is 5. The lowest BCUT2D eigenvalue weighted by molar-refractivity contribution is 0.628. The van der Waals surface area contributed by atoms with E-state index in [1.54, 1.807) is 30.7 Å². The zero-order valence-electron chi connectivity index (χ0n) is 16.3. The highest BCUT2D eigenvalue weighted by Gasteiger charge is 2.18. The molecule has 9 heteroatoms. The third kappa shape index (κ3) is 2.90. The lowest BCUT2D eigenvalue weighted by Gasteiger charge is -2.03. The molecule has 0 saturated carbocycles. The Kier molecular flexibility index (Phi) is 4.00. The average Bonchev–Trinajstić information content (AvgIpc) is 3.44. The Morgan fingerprint density at radius 2 is 1.75 bits per heavy atom. The van der Waals surface area contributed by atoms with E-state index in [4.69, 9.17) is 0 Å². The quantitative estimate of drug-likeness (QED) is 0.420. The summed E-state index contributed by atoms with van der Waals surface area (Å²) in [6.45, 7) is 0. The summed E-state index contributed by atoms with van der Waals surface area (Å²) in [6, 6.07) is 11.3. The molecule has 0 fully saturated rings. The number of aromatic nitrogens is 7. The fourth-order valence-corrected chi connectivity index (χ4v) is 3.80. The van der Waals surface area contributed by atoms with Gasteiger partial charge in [0.25, 0.3) is 0 Å². The molecule has 0 aliphatic rings. The zero-order valence-corrected chi connectivity index (χ0v) is 16.3. The van der Waals surface area contributed by atoms with Crippen LogP contribution in [0.3, 0.4) is 0 Å². The number of benzene rings is 2. The van der Waals surface area contributed by atoms with Gasteiger partial charge >= 0.3 is 0 Å². The van der Waals surface area contributed by atoms with Gasteiger partial charge in [-0.3, -0.25) is 5.10 Å². The van der Waals surface area contributed by atoms with Crippen LogP contribution in [-0.2, 0) is 0 Å². The second-order valence-corrected chi connectivity index (χ2v) is 7.23. The molecule has 0 radical (unpaired) electrons. The molecule has 2 aromatic carbocycles. The van der Waals surface area contributed by atoms with Gasteiger partial charge in [-0.05, 0) is 41.5 Å². The zero-order chi connectivity index (χ0) is 21.7. The van der Waals surface area contributed by atoms with E-state index in [0.717, 1.165) is 5.56 Å². The average molecular weight is 425 g/mol. The molecule has 4 aromatic heterocycles. The molecule has 154 valence electrons. The number of rotatable bonds is 3. The van der Waals surface area contributed by atoms with Gasteiger partial charge in [-0.15, -0.1) is 0 Å². The largest absolute Gasteiger partial charge is 0.335 e. The third-order valence-corrected chi connectivity index (χ3v) is 5.27. The van der Waals surface area contributed by atoms with Gasteiger partial charge in [-0.1, -0.05) is 12.1 Å². The summed E-state index contributed by atoms with van der Waals surface area (Å²) in [5.41, 5.74) is 4.56. The molecule has 6 rings (SSSR count). The molecule has 6 aromatic rings. The maximum absolute atomic E-state index is 14.8. The molecule has 0 aliphatic carbocycles. The van der Waals surface area contributed by atoms with E-state index in [-0.39, 0.29) is 11.3 Å². The minimum absolute atomic E-state index is 0.194.